The van der Waals surface area contributed by atoms with Crippen LogP contribution in [0.4, 0.5) is 4.39 Å². The number of benzene rings is 1. The first kappa shape index (κ1) is 12.6. The molecular formula is C13H8BrFO3. The van der Waals surface area contributed by atoms with E-state index >= 15 is 0 Å². The highest BCUT2D eigenvalue weighted by atomic mass is 79.9. The number of halogens is 2. The van der Waals surface area contributed by atoms with Crippen molar-refractivity contribution in [2.24, 2.45) is 0 Å². The van der Waals surface area contributed by atoms with E-state index in [1.54, 1.807) is 18.2 Å². The Morgan fingerprint density at radius 2 is 2.11 bits per heavy atom. The Hall–Kier alpha value is -1.88. The summed E-state index contributed by atoms with van der Waals surface area (Å²) in [5.74, 6) is -0.436. The first-order valence-corrected chi connectivity index (χ1v) is 5.82. The quantitative estimate of drug-likeness (QED) is 0.873. The maximum atomic E-state index is 12.9. The molecule has 0 unspecified atom stereocenters. The summed E-state index contributed by atoms with van der Waals surface area (Å²) >= 11 is 3.24. The van der Waals surface area contributed by atoms with Gasteiger partial charge in [-0.3, -0.25) is 0 Å². The highest BCUT2D eigenvalue weighted by Crippen LogP contribution is 2.30. The predicted octanol–water partition coefficient (Wildman–Crippen LogP) is 3.95. The van der Waals surface area contributed by atoms with Crippen molar-refractivity contribution in [3.8, 4) is 11.3 Å². The Labute approximate surface area is 111 Å². The van der Waals surface area contributed by atoms with Crippen molar-refractivity contribution in [2.75, 3.05) is 0 Å². The van der Waals surface area contributed by atoms with Gasteiger partial charge in [0.2, 0.25) is 0 Å². The SMILES string of the molecule is O=C(O)/C=C/c1ccc(-c2ccc(F)cc2Br)o1. The summed E-state index contributed by atoms with van der Waals surface area (Å²) in [7, 11) is 0. The number of furan rings is 1. The van der Waals surface area contributed by atoms with E-state index in [-0.39, 0.29) is 5.82 Å². The normalized spacial score (nSPS) is 11.0. The van der Waals surface area contributed by atoms with E-state index in [9.17, 15) is 9.18 Å². The largest absolute Gasteiger partial charge is 0.478 e. The van der Waals surface area contributed by atoms with Crippen molar-refractivity contribution < 1.29 is 18.7 Å². The topological polar surface area (TPSA) is 50.4 Å². The molecule has 0 aliphatic rings. The summed E-state index contributed by atoms with van der Waals surface area (Å²) in [4.78, 5) is 10.4. The standard InChI is InChI=1S/C13H8BrFO3/c14-11-7-8(15)1-4-10(11)12-5-2-9(18-12)3-6-13(16)17/h1-7H,(H,16,17)/b6-3+. The molecule has 18 heavy (non-hydrogen) atoms. The molecule has 0 aliphatic carbocycles. The zero-order valence-corrected chi connectivity index (χ0v) is 10.6. The lowest BCUT2D eigenvalue weighted by atomic mass is 10.2. The van der Waals surface area contributed by atoms with E-state index in [4.69, 9.17) is 9.52 Å². The van der Waals surface area contributed by atoms with Crippen LogP contribution in [0.3, 0.4) is 0 Å². The third-order valence-corrected chi connectivity index (χ3v) is 2.87. The average molecular weight is 311 g/mol. The van der Waals surface area contributed by atoms with Crippen molar-refractivity contribution in [2.45, 2.75) is 0 Å². The molecule has 1 heterocycles. The van der Waals surface area contributed by atoms with Gasteiger partial charge in [-0.15, -0.1) is 0 Å². The predicted molar refractivity (Wildman–Crippen MR) is 68.5 cm³/mol. The number of hydrogen-bond acceptors (Lipinski definition) is 2. The maximum absolute atomic E-state index is 12.9. The van der Waals surface area contributed by atoms with Gasteiger partial charge in [0.05, 0.1) is 0 Å². The molecule has 0 saturated heterocycles. The summed E-state index contributed by atoms with van der Waals surface area (Å²) in [5, 5.41) is 8.50. The van der Waals surface area contributed by atoms with Crippen molar-refractivity contribution in [3.05, 3.63) is 52.5 Å². The minimum Gasteiger partial charge on any atom is -0.478 e. The van der Waals surface area contributed by atoms with Gasteiger partial charge in [-0.2, -0.15) is 0 Å². The molecule has 0 atom stereocenters. The fourth-order valence-corrected chi connectivity index (χ4v) is 1.98. The minimum absolute atomic E-state index is 0.344. The van der Waals surface area contributed by atoms with Gasteiger partial charge in [-0.1, -0.05) is 0 Å². The zero-order valence-electron chi connectivity index (χ0n) is 9.06. The summed E-state index contributed by atoms with van der Waals surface area (Å²) in [6.45, 7) is 0. The lowest BCUT2D eigenvalue weighted by Crippen LogP contribution is -1.84. The average Bonchev–Trinajstić information content (AvgIpc) is 2.75. The van der Waals surface area contributed by atoms with E-state index in [1.807, 2.05) is 0 Å². The van der Waals surface area contributed by atoms with Crippen LogP contribution in [0.15, 0.2) is 45.3 Å². The number of aliphatic carboxylic acids is 1. The molecule has 2 aromatic rings. The molecular weight excluding hydrogens is 303 g/mol. The van der Waals surface area contributed by atoms with Crippen LogP contribution in [0.2, 0.25) is 0 Å². The molecule has 0 spiro atoms. The van der Waals surface area contributed by atoms with E-state index < -0.39 is 5.97 Å². The third-order valence-electron chi connectivity index (χ3n) is 2.21. The number of carbonyl (C=O) groups is 1. The van der Waals surface area contributed by atoms with E-state index in [2.05, 4.69) is 15.9 Å². The summed E-state index contributed by atoms with van der Waals surface area (Å²) < 4.78 is 19.0. The van der Waals surface area contributed by atoms with Gasteiger partial charge >= 0.3 is 5.97 Å². The van der Waals surface area contributed by atoms with Gasteiger partial charge in [0.25, 0.3) is 0 Å². The molecule has 2 rings (SSSR count). The van der Waals surface area contributed by atoms with Gasteiger partial charge in [-0.05, 0) is 52.3 Å². The number of carboxylic acid groups (broad SMARTS) is 1. The Morgan fingerprint density at radius 3 is 2.78 bits per heavy atom. The molecule has 1 aromatic heterocycles. The van der Waals surface area contributed by atoms with Crippen LogP contribution in [-0.2, 0) is 4.79 Å². The number of rotatable bonds is 3. The highest BCUT2D eigenvalue weighted by molar-refractivity contribution is 9.10. The van der Waals surface area contributed by atoms with Crippen LogP contribution in [0, 0.1) is 5.82 Å². The highest BCUT2D eigenvalue weighted by Gasteiger charge is 2.08. The Bertz CT molecular complexity index is 616. The van der Waals surface area contributed by atoms with Gasteiger partial charge in [-0.25, -0.2) is 9.18 Å². The summed E-state index contributed by atoms with van der Waals surface area (Å²) in [6, 6.07) is 7.59. The Balaban J connectivity index is 2.32. The first-order valence-electron chi connectivity index (χ1n) is 5.02. The third kappa shape index (κ3) is 2.87. The van der Waals surface area contributed by atoms with E-state index in [0.717, 1.165) is 6.08 Å². The summed E-state index contributed by atoms with van der Waals surface area (Å²) in [5.41, 5.74) is 0.700. The van der Waals surface area contributed by atoms with Gasteiger partial charge in [0.15, 0.2) is 0 Å². The molecule has 0 fully saturated rings. The van der Waals surface area contributed by atoms with Crippen molar-refractivity contribution >= 4 is 28.0 Å². The lowest BCUT2D eigenvalue weighted by molar-refractivity contribution is -0.131. The van der Waals surface area contributed by atoms with Gasteiger partial charge < -0.3 is 9.52 Å². The summed E-state index contributed by atoms with van der Waals surface area (Å²) in [6.07, 6.45) is 2.34. The monoisotopic (exact) mass is 310 g/mol. The van der Waals surface area contributed by atoms with Crippen molar-refractivity contribution in [1.29, 1.82) is 0 Å². The van der Waals surface area contributed by atoms with Crippen LogP contribution < -0.4 is 0 Å². The Kier molecular flexibility index (Phi) is 3.62. The molecule has 3 nitrogen and oxygen atoms in total. The second kappa shape index (κ2) is 5.18. The molecule has 0 bridgehead atoms. The second-order valence-electron chi connectivity index (χ2n) is 3.50. The van der Waals surface area contributed by atoms with E-state index in [1.165, 1.54) is 18.2 Å². The fourth-order valence-electron chi connectivity index (χ4n) is 1.43. The van der Waals surface area contributed by atoms with Gasteiger partial charge in [0.1, 0.15) is 17.3 Å². The zero-order chi connectivity index (χ0) is 13.1. The van der Waals surface area contributed by atoms with Crippen LogP contribution in [0.25, 0.3) is 17.4 Å². The number of hydrogen-bond donors (Lipinski definition) is 1. The molecule has 1 N–H and O–H groups in total. The number of carboxylic acids is 1. The Morgan fingerprint density at radius 1 is 1.33 bits per heavy atom. The van der Waals surface area contributed by atoms with Gasteiger partial charge in [0, 0.05) is 16.1 Å². The van der Waals surface area contributed by atoms with E-state index in [0.29, 0.717) is 21.6 Å². The smallest absolute Gasteiger partial charge is 0.328 e. The van der Waals surface area contributed by atoms with Crippen LogP contribution in [-0.4, -0.2) is 11.1 Å². The van der Waals surface area contributed by atoms with Crippen LogP contribution >= 0.6 is 15.9 Å². The van der Waals surface area contributed by atoms with Crippen molar-refractivity contribution in [1.82, 2.24) is 0 Å². The van der Waals surface area contributed by atoms with Crippen LogP contribution in [0.1, 0.15) is 5.76 Å². The molecule has 0 aliphatic heterocycles. The first-order chi connectivity index (χ1) is 8.56. The second-order valence-corrected chi connectivity index (χ2v) is 4.35. The molecule has 0 amide bonds. The molecule has 0 saturated carbocycles. The molecule has 0 radical (unpaired) electrons. The lowest BCUT2D eigenvalue weighted by Gasteiger charge is -2.00. The molecule has 92 valence electrons. The van der Waals surface area contributed by atoms with Crippen LogP contribution in [0.5, 0.6) is 0 Å². The van der Waals surface area contributed by atoms with Crippen molar-refractivity contribution in [3.63, 3.8) is 0 Å². The molecule has 1 aromatic carbocycles. The minimum atomic E-state index is -1.05. The maximum Gasteiger partial charge on any atom is 0.328 e. The fraction of sp³-hybridized carbons (Fsp3) is 0. The molecule has 5 heteroatoms.